The minimum atomic E-state index is -4.76. The van der Waals surface area contributed by atoms with E-state index in [0.29, 0.717) is 42.4 Å². The van der Waals surface area contributed by atoms with Gasteiger partial charge in [-0.25, -0.2) is 0 Å². The lowest BCUT2D eigenvalue weighted by Gasteiger charge is -2.50. The van der Waals surface area contributed by atoms with E-state index in [1.807, 2.05) is 6.07 Å². The number of fused-ring (bicyclic) bond motifs is 4. The Kier molecular flexibility index (Phi) is 5.13. The highest BCUT2D eigenvalue weighted by Gasteiger charge is 2.62. The first kappa shape index (κ1) is 22.2. The smallest absolute Gasteiger partial charge is 0.464 e. The van der Waals surface area contributed by atoms with Crippen molar-refractivity contribution in [2.75, 3.05) is 13.7 Å². The molecule has 0 radical (unpaired) electrons. The van der Waals surface area contributed by atoms with E-state index >= 15 is 0 Å². The van der Waals surface area contributed by atoms with Gasteiger partial charge in [-0.1, -0.05) is 30.3 Å². The molecule has 4 aliphatic rings. The van der Waals surface area contributed by atoms with Gasteiger partial charge in [-0.2, -0.15) is 0 Å². The number of piperidine rings is 1. The summed E-state index contributed by atoms with van der Waals surface area (Å²) in [6.07, 6.45) is -0.192. The molecule has 2 aromatic carbocycles. The van der Waals surface area contributed by atoms with Gasteiger partial charge in [0.05, 0.1) is 17.7 Å². The Hall–Kier alpha value is -2.29. The molecule has 0 aliphatic carbocycles. The zero-order valence-electron chi connectivity index (χ0n) is 19.0. The van der Waals surface area contributed by atoms with E-state index in [1.54, 1.807) is 0 Å². The Labute approximate surface area is 196 Å². The van der Waals surface area contributed by atoms with Gasteiger partial charge >= 0.3 is 6.36 Å². The zero-order valence-corrected chi connectivity index (χ0v) is 19.0. The molecule has 1 N–H and O–H groups in total. The number of nitrogens with one attached hydrogen (secondary N) is 1. The Morgan fingerprint density at radius 3 is 2.65 bits per heavy atom. The molecule has 4 aliphatic heterocycles. The molecule has 34 heavy (non-hydrogen) atoms. The molecule has 1 unspecified atom stereocenters. The summed E-state index contributed by atoms with van der Waals surface area (Å²) < 4.78 is 61.5. The summed E-state index contributed by atoms with van der Waals surface area (Å²) in [6, 6.07) is 13.8. The third-order valence-corrected chi connectivity index (χ3v) is 8.14. The van der Waals surface area contributed by atoms with Crippen molar-refractivity contribution in [3.63, 3.8) is 0 Å². The summed E-state index contributed by atoms with van der Waals surface area (Å²) in [4.78, 5) is 0. The van der Waals surface area contributed by atoms with E-state index in [-0.39, 0.29) is 17.2 Å². The van der Waals surface area contributed by atoms with Gasteiger partial charge in [0.25, 0.3) is 0 Å². The maximum atomic E-state index is 13.1. The summed E-state index contributed by atoms with van der Waals surface area (Å²) in [7, 11) is 1.53. The second-order valence-electron chi connectivity index (χ2n) is 9.93. The molecule has 1 spiro atoms. The topological polar surface area (TPSA) is 49.0 Å². The highest BCUT2D eigenvalue weighted by atomic mass is 19.4. The number of alkyl halides is 3. The standard InChI is InChI=1S/C26H28F3NO4/c1-31-22-12-16-11-20(34-26(27,28)29)13-21(23(16)33-22)17-14-24(32-15-17)9-7-19-8-10-25(24,30-19)18-5-3-2-4-6-18/h2-6,11,13,17,19,22,30H,7-10,12,14-15H2,1H3/t17-,19-,22?,24-,25-/m1/s1. The maximum Gasteiger partial charge on any atom is 0.573 e. The van der Waals surface area contributed by atoms with Crippen molar-refractivity contribution in [3.05, 3.63) is 59.2 Å². The lowest BCUT2D eigenvalue weighted by molar-refractivity contribution is -0.274. The average molecular weight is 476 g/mol. The van der Waals surface area contributed by atoms with Gasteiger partial charge in [0.15, 0.2) is 0 Å². The van der Waals surface area contributed by atoms with Crippen LogP contribution < -0.4 is 14.8 Å². The second-order valence-corrected chi connectivity index (χ2v) is 9.93. The van der Waals surface area contributed by atoms with Crippen LogP contribution in [0.1, 0.15) is 54.7 Å². The molecule has 2 bridgehead atoms. The molecule has 4 heterocycles. The molecule has 3 fully saturated rings. The molecular weight excluding hydrogens is 447 g/mol. The van der Waals surface area contributed by atoms with Crippen molar-refractivity contribution >= 4 is 0 Å². The van der Waals surface area contributed by atoms with Gasteiger partial charge in [-0.15, -0.1) is 13.2 Å². The van der Waals surface area contributed by atoms with Crippen LogP contribution >= 0.6 is 0 Å². The SMILES string of the molecule is COC1Cc2cc(OC(F)(F)F)cc([C@H]3CO[C@]4(CC[C@@H]5CC[C@]4(c4ccccc4)N5)C3)c2O1. The normalized spacial score (nSPS) is 34.3. The molecule has 5 nitrogen and oxygen atoms in total. The van der Waals surface area contributed by atoms with Crippen LogP contribution in [0.5, 0.6) is 11.5 Å². The first-order valence-electron chi connectivity index (χ1n) is 11.9. The minimum absolute atomic E-state index is 0.110. The fourth-order valence-corrected chi connectivity index (χ4v) is 6.70. The van der Waals surface area contributed by atoms with E-state index in [2.05, 4.69) is 34.3 Å². The molecule has 0 aromatic heterocycles. The predicted octanol–water partition coefficient (Wildman–Crippen LogP) is 5.18. The molecular formula is C26H28F3NO4. The van der Waals surface area contributed by atoms with Crippen LogP contribution in [0.15, 0.2) is 42.5 Å². The third-order valence-electron chi connectivity index (χ3n) is 8.14. The van der Waals surface area contributed by atoms with Crippen molar-refractivity contribution in [3.8, 4) is 11.5 Å². The van der Waals surface area contributed by atoms with Gasteiger partial charge < -0.3 is 24.3 Å². The monoisotopic (exact) mass is 475 g/mol. The fourth-order valence-electron chi connectivity index (χ4n) is 6.70. The van der Waals surface area contributed by atoms with E-state index in [1.165, 1.54) is 24.8 Å². The number of hydrogen-bond donors (Lipinski definition) is 1. The van der Waals surface area contributed by atoms with Gasteiger partial charge in [0.2, 0.25) is 6.29 Å². The van der Waals surface area contributed by atoms with Crippen LogP contribution in [-0.4, -0.2) is 38.0 Å². The van der Waals surface area contributed by atoms with Gasteiger partial charge in [0, 0.05) is 36.6 Å². The second kappa shape index (κ2) is 7.86. The summed E-state index contributed by atoms with van der Waals surface area (Å²) in [5, 5.41) is 3.89. The first-order chi connectivity index (χ1) is 16.3. The molecule has 0 amide bonds. The molecule has 182 valence electrons. The molecule has 2 aromatic rings. The van der Waals surface area contributed by atoms with E-state index in [0.717, 1.165) is 25.7 Å². The largest absolute Gasteiger partial charge is 0.573 e. The van der Waals surface area contributed by atoms with Crippen molar-refractivity contribution < 1.29 is 32.1 Å². The summed E-state index contributed by atoms with van der Waals surface area (Å²) in [5.74, 6) is 0.276. The van der Waals surface area contributed by atoms with Crippen LogP contribution in [0.2, 0.25) is 0 Å². The van der Waals surface area contributed by atoms with Crippen LogP contribution in [-0.2, 0) is 21.4 Å². The highest BCUT2D eigenvalue weighted by molar-refractivity contribution is 5.52. The minimum Gasteiger partial charge on any atom is -0.464 e. The van der Waals surface area contributed by atoms with Crippen LogP contribution in [0.3, 0.4) is 0 Å². The quantitative estimate of drug-likeness (QED) is 0.661. The third kappa shape index (κ3) is 3.49. The van der Waals surface area contributed by atoms with Gasteiger partial charge in [0.1, 0.15) is 11.5 Å². The average Bonchev–Trinajstić information content (AvgIpc) is 3.52. The number of ether oxygens (including phenoxy) is 4. The molecule has 0 saturated carbocycles. The Morgan fingerprint density at radius 2 is 1.88 bits per heavy atom. The van der Waals surface area contributed by atoms with E-state index < -0.39 is 18.3 Å². The lowest BCUT2D eigenvalue weighted by Crippen LogP contribution is -2.61. The number of halogens is 3. The summed E-state index contributed by atoms with van der Waals surface area (Å²) in [5.41, 5.74) is 1.86. The summed E-state index contributed by atoms with van der Waals surface area (Å²) >= 11 is 0. The Balaban J connectivity index is 1.38. The molecule has 8 heteroatoms. The highest BCUT2D eigenvalue weighted by Crippen LogP contribution is 2.58. The first-order valence-corrected chi connectivity index (χ1v) is 11.9. The number of rotatable bonds is 4. The van der Waals surface area contributed by atoms with Crippen LogP contribution in [0.25, 0.3) is 0 Å². The predicted molar refractivity (Wildman–Crippen MR) is 118 cm³/mol. The van der Waals surface area contributed by atoms with E-state index in [4.69, 9.17) is 14.2 Å². The van der Waals surface area contributed by atoms with E-state index in [9.17, 15) is 13.2 Å². The number of methoxy groups -OCH3 is 1. The van der Waals surface area contributed by atoms with Crippen molar-refractivity contribution in [2.24, 2.45) is 0 Å². The zero-order chi connectivity index (χ0) is 23.6. The number of benzene rings is 2. The Morgan fingerprint density at radius 1 is 1.09 bits per heavy atom. The van der Waals surface area contributed by atoms with Crippen LogP contribution in [0.4, 0.5) is 13.2 Å². The van der Waals surface area contributed by atoms with Gasteiger partial charge in [-0.05, 0) is 49.8 Å². The molecule has 6 rings (SSSR count). The fraction of sp³-hybridized carbons (Fsp3) is 0.538. The lowest BCUT2D eigenvalue weighted by atomic mass is 9.67. The van der Waals surface area contributed by atoms with Crippen molar-refractivity contribution in [2.45, 2.75) is 74.3 Å². The van der Waals surface area contributed by atoms with Crippen molar-refractivity contribution in [1.82, 2.24) is 5.32 Å². The van der Waals surface area contributed by atoms with Gasteiger partial charge in [-0.3, -0.25) is 0 Å². The summed E-state index contributed by atoms with van der Waals surface area (Å²) in [6.45, 7) is 0.420. The van der Waals surface area contributed by atoms with Crippen molar-refractivity contribution in [1.29, 1.82) is 0 Å². The maximum absolute atomic E-state index is 13.1. The molecule has 3 saturated heterocycles. The van der Waals surface area contributed by atoms with Crippen LogP contribution in [0, 0.1) is 0 Å². The molecule has 5 atom stereocenters. The Bertz CT molecular complexity index is 1080. The number of hydrogen-bond acceptors (Lipinski definition) is 5.